The number of amides is 1. The molecule has 0 spiro atoms. The predicted molar refractivity (Wildman–Crippen MR) is 170 cm³/mol. The zero-order valence-corrected chi connectivity index (χ0v) is 25.6. The molecule has 0 aliphatic carbocycles. The van der Waals surface area contributed by atoms with Gasteiger partial charge in [-0.1, -0.05) is 30.3 Å². The Morgan fingerprint density at radius 1 is 0.955 bits per heavy atom. The van der Waals surface area contributed by atoms with Crippen molar-refractivity contribution in [3.63, 3.8) is 0 Å². The molecule has 5 rings (SSSR count). The number of nitrogens with one attached hydrogen (secondary N) is 1. The number of carbonyl (C=O) groups excluding carboxylic acids is 1. The Balaban J connectivity index is 1.36. The molecule has 1 aliphatic rings. The quantitative estimate of drug-likeness (QED) is 0.244. The first-order valence-corrected chi connectivity index (χ1v) is 16.0. The molecule has 12 heteroatoms. The monoisotopic (exact) mass is 617 g/mol. The second-order valence-electron chi connectivity index (χ2n) is 10.9. The zero-order chi connectivity index (χ0) is 31.6. The Morgan fingerprint density at radius 3 is 2.23 bits per heavy atom. The largest absolute Gasteiger partial charge is 0.494 e. The highest BCUT2D eigenvalue weighted by Crippen LogP contribution is 2.35. The second-order valence-corrected chi connectivity index (χ2v) is 12.9. The first-order chi connectivity index (χ1) is 20.9. The van der Waals surface area contributed by atoms with Crippen LogP contribution in [0, 0.1) is 6.92 Å². The highest BCUT2D eigenvalue weighted by molar-refractivity contribution is 7.88. The van der Waals surface area contributed by atoms with Crippen molar-refractivity contribution in [2.24, 2.45) is 12.0 Å². The summed E-state index contributed by atoms with van der Waals surface area (Å²) in [5.41, 5.74) is 4.07. The van der Waals surface area contributed by atoms with Crippen molar-refractivity contribution in [1.82, 2.24) is 19.1 Å². The minimum atomic E-state index is -3.18. The Hall–Kier alpha value is -4.52. The van der Waals surface area contributed by atoms with E-state index in [1.807, 2.05) is 30.3 Å². The van der Waals surface area contributed by atoms with Gasteiger partial charge in [0.2, 0.25) is 15.9 Å². The summed E-state index contributed by atoms with van der Waals surface area (Å²) in [6.45, 7) is 4.89. The number of carboxylic acid groups (broad SMARTS) is 1. The van der Waals surface area contributed by atoms with Gasteiger partial charge in [-0.05, 0) is 48.9 Å². The smallest absolute Gasteiger partial charge is 0.336 e. The SMILES string of the molecule is Cc1cc2c(C(=Nc3ccc(C(=O)NCCN4CCN(S(C)(=O)=O)CC4)cc3)c3ccccc3)c(O)n(C)c2cc1C(=O)O. The van der Waals surface area contributed by atoms with E-state index in [2.05, 4.69) is 10.2 Å². The molecule has 1 saturated heterocycles. The molecule has 0 bridgehead atoms. The molecule has 230 valence electrons. The highest BCUT2D eigenvalue weighted by Gasteiger charge is 2.24. The number of carbonyl (C=O) groups is 2. The molecule has 2 heterocycles. The summed E-state index contributed by atoms with van der Waals surface area (Å²) >= 11 is 0. The highest BCUT2D eigenvalue weighted by atomic mass is 32.2. The Morgan fingerprint density at radius 2 is 1.61 bits per heavy atom. The first kappa shape index (κ1) is 30.9. The first-order valence-electron chi connectivity index (χ1n) is 14.2. The number of fused-ring (bicyclic) bond motifs is 1. The minimum absolute atomic E-state index is 0.0433. The third-order valence-electron chi connectivity index (χ3n) is 7.91. The van der Waals surface area contributed by atoms with Crippen LogP contribution < -0.4 is 5.32 Å². The van der Waals surface area contributed by atoms with Crippen LogP contribution in [0.4, 0.5) is 5.69 Å². The molecule has 0 saturated carbocycles. The van der Waals surface area contributed by atoms with Crippen LogP contribution in [0.25, 0.3) is 10.9 Å². The summed E-state index contributed by atoms with van der Waals surface area (Å²) in [7, 11) is -1.51. The number of aromatic nitrogens is 1. The Bertz CT molecular complexity index is 1840. The normalized spacial score (nSPS) is 15.0. The number of aromatic carboxylic acids is 1. The van der Waals surface area contributed by atoms with Gasteiger partial charge in [0.25, 0.3) is 5.91 Å². The topological polar surface area (TPSA) is 145 Å². The number of aryl methyl sites for hydroxylation is 2. The number of hydrogen-bond donors (Lipinski definition) is 3. The van der Waals surface area contributed by atoms with Gasteiger partial charge in [0.15, 0.2) is 0 Å². The van der Waals surface area contributed by atoms with Gasteiger partial charge in [-0.15, -0.1) is 0 Å². The maximum absolute atomic E-state index is 12.8. The lowest BCUT2D eigenvalue weighted by atomic mass is 9.98. The van der Waals surface area contributed by atoms with Gasteiger partial charge in [0.1, 0.15) is 0 Å². The molecular weight excluding hydrogens is 582 g/mol. The second kappa shape index (κ2) is 12.6. The summed E-state index contributed by atoms with van der Waals surface area (Å²) in [5.74, 6) is -1.31. The molecule has 0 radical (unpaired) electrons. The fourth-order valence-corrected chi connectivity index (χ4v) is 6.26. The number of carboxylic acids is 1. The number of benzene rings is 3. The molecule has 4 aromatic rings. The minimum Gasteiger partial charge on any atom is -0.494 e. The van der Waals surface area contributed by atoms with Crippen molar-refractivity contribution in [2.45, 2.75) is 6.92 Å². The van der Waals surface area contributed by atoms with Crippen molar-refractivity contribution in [2.75, 3.05) is 45.5 Å². The fourth-order valence-electron chi connectivity index (χ4n) is 5.43. The van der Waals surface area contributed by atoms with Crippen LogP contribution in [0.5, 0.6) is 5.88 Å². The van der Waals surface area contributed by atoms with E-state index in [0.717, 1.165) is 5.56 Å². The maximum atomic E-state index is 12.8. The predicted octanol–water partition coefficient (Wildman–Crippen LogP) is 3.37. The van der Waals surface area contributed by atoms with E-state index in [-0.39, 0.29) is 17.4 Å². The fraction of sp³-hybridized carbons (Fsp3) is 0.281. The molecule has 0 atom stereocenters. The van der Waals surface area contributed by atoms with E-state index in [0.29, 0.717) is 78.3 Å². The lowest BCUT2D eigenvalue weighted by Crippen LogP contribution is -2.49. The van der Waals surface area contributed by atoms with E-state index < -0.39 is 16.0 Å². The third kappa shape index (κ3) is 6.52. The Kier molecular flexibility index (Phi) is 8.86. The summed E-state index contributed by atoms with van der Waals surface area (Å²) in [5, 5.41) is 24.5. The van der Waals surface area contributed by atoms with Crippen LogP contribution in [0.2, 0.25) is 0 Å². The zero-order valence-electron chi connectivity index (χ0n) is 24.8. The van der Waals surface area contributed by atoms with Gasteiger partial charge in [-0.2, -0.15) is 4.31 Å². The van der Waals surface area contributed by atoms with Gasteiger partial charge < -0.3 is 20.1 Å². The van der Waals surface area contributed by atoms with Gasteiger partial charge in [-0.25, -0.2) is 18.2 Å². The number of aliphatic imine (C=N–C) groups is 1. The summed E-state index contributed by atoms with van der Waals surface area (Å²) in [4.78, 5) is 31.6. The van der Waals surface area contributed by atoms with E-state index in [9.17, 15) is 28.2 Å². The molecular formula is C32H35N5O6S. The van der Waals surface area contributed by atoms with Crippen LogP contribution in [0.1, 0.15) is 37.4 Å². The average molecular weight is 618 g/mol. The standard InChI is InChI=1S/C32H35N5O6S/c1-21-19-26-27(20-25(21)32(40)41)35(2)31(39)28(26)29(22-7-5-4-6-8-22)34-24-11-9-23(10-12-24)30(38)33-13-14-36-15-17-37(18-16-36)44(3,42)43/h4-12,19-20,39H,13-18H2,1-3H3,(H,33,38)(H,40,41). The molecule has 44 heavy (non-hydrogen) atoms. The van der Waals surface area contributed by atoms with Crippen LogP contribution in [-0.4, -0.2) is 95.5 Å². The van der Waals surface area contributed by atoms with Crippen molar-refractivity contribution < 1.29 is 28.2 Å². The third-order valence-corrected chi connectivity index (χ3v) is 9.22. The van der Waals surface area contributed by atoms with E-state index in [4.69, 9.17) is 4.99 Å². The van der Waals surface area contributed by atoms with Gasteiger partial charge in [-0.3, -0.25) is 9.69 Å². The summed E-state index contributed by atoms with van der Waals surface area (Å²) < 4.78 is 26.4. The van der Waals surface area contributed by atoms with Crippen LogP contribution in [0.3, 0.4) is 0 Å². The van der Waals surface area contributed by atoms with Gasteiger partial charge in [0.05, 0.1) is 34.3 Å². The lowest BCUT2D eigenvalue weighted by molar-refractivity contribution is 0.0696. The van der Waals surface area contributed by atoms with E-state index in [1.165, 1.54) is 10.6 Å². The van der Waals surface area contributed by atoms with Crippen LogP contribution >= 0.6 is 0 Å². The van der Waals surface area contributed by atoms with Crippen molar-refractivity contribution >= 4 is 44.2 Å². The molecule has 11 nitrogen and oxygen atoms in total. The number of sulfonamides is 1. The number of nitrogens with zero attached hydrogens (tertiary/aromatic N) is 4. The molecule has 0 unspecified atom stereocenters. The van der Waals surface area contributed by atoms with Gasteiger partial charge >= 0.3 is 5.97 Å². The molecule has 1 aliphatic heterocycles. The molecule has 3 aromatic carbocycles. The van der Waals surface area contributed by atoms with Crippen molar-refractivity contribution in [3.8, 4) is 5.88 Å². The number of aromatic hydroxyl groups is 1. The average Bonchev–Trinajstić information content (AvgIpc) is 3.24. The number of piperazine rings is 1. The summed E-state index contributed by atoms with van der Waals surface area (Å²) in [6.07, 6.45) is 1.22. The van der Waals surface area contributed by atoms with Crippen LogP contribution in [0.15, 0.2) is 71.7 Å². The van der Waals surface area contributed by atoms with E-state index in [1.54, 1.807) is 54.9 Å². The molecule has 3 N–H and O–H groups in total. The van der Waals surface area contributed by atoms with Crippen LogP contribution in [-0.2, 0) is 17.1 Å². The Labute approximate surface area is 256 Å². The number of rotatable bonds is 9. The summed E-state index contributed by atoms with van der Waals surface area (Å²) in [6, 6.07) is 19.6. The lowest BCUT2D eigenvalue weighted by Gasteiger charge is -2.33. The van der Waals surface area contributed by atoms with Gasteiger partial charge in [0, 0.05) is 62.8 Å². The molecule has 1 fully saturated rings. The van der Waals surface area contributed by atoms with Crippen molar-refractivity contribution in [3.05, 3.63) is 94.5 Å². The van der Waals surface area contributed by atoms with Crippen molar-refractivity contribution in [1.29, 1.82) is 0 Å². The molecule has 1 amide bonds. The molecule has 1 aromatic heterocycles. The maximum Gasteiger partial charge on any atom is 0.336 e. The van der Waals surface area contributed by atoms with E-state index >= 15 is 0 Å². The number of hydrogen-bond acceptors (Lipinski definition) is 7.